The predicted octanol–water partition coefficient (Wildman–Crippen LogP) is 2.39. The SMILES string of the molecule is CC(C)(C)OC(=O)NCCOCCN1CCC2(CC1)CC(=NO)c1cc(NS(C)(=O)=O)ccc1O2. The molecule has 2 heterocycles. The normalized spacial score (nSPS) is 19.1. The van der Waals surface area contributed by atoms with Gasteiger partial charge in [0.25, 0.3) is 0 Å². The lowest BCUT2D eigenvalue weighted by Gasteiger charge is -2.44. The van der Waals surface area contributed by atoms with Crippen LogP contribution in [0.3, 0.4) is 0 Å². The lowest BCUT2D eigenvalue weighted by atomic mass is 9.82. The molecule has 2 aliphatic heterocycles. The molecular weight excluding hydrogens is 476 g/mol. The number of nitrogens with one attached hydrogen (secondary N) is 2. The van der Waals surface area contributed by atoms with E-state index in [2.05, 4.69) is 20.1 Å². The lowest BCUT2D eigenvalue weighted by Crippen LogP contribution is -2.51. The molecule has 12 heteroatoms. The average Bonchev–Trinajstić information content (AvgIpc) is 2.75. The molecule has 0 unspecified atom stereocenters. The van der Waals surface area contributed by atoms with Crippen molar-refractivity contribution in [3.63, 3.8) is 0 Å². The number of rotatable bonds is 8. The van der Waals surface area contributed by atoms with Crippen LogP contribution < -0.4 is 14.8 Å². The van der Waals surface area contributed by atoms with Crippen LogP contribution in [0.4, 0.5) is 10.5 Å². The van der Waals surface area contributed by atoms with Gasteiger partial charge in [-0.15, -0.1) is 0 Å². The van der Waals surface area contributed by atoms with Crippen LogP contribution >= 0.6 is 0 Å². The molecule has 1 saturated heterocycles. The van der Waals surface area contributed by atoms with Crippen molar-refractivity contribution in [1.29, 1.82) is 0 Å². The van der Waals surface area contributed by atoms with E-state index in [1.807, 2.05) is 20.8 Å². The Morgan fingerprint density at radius 1 is 1.26 bits per heavy atom. The summed E-state index contributed by atoms with van der Waals surface area (Å²) in [6.07, 6.45) is 2.59. The number of nitrogens with zero attached hydrogens (tertiary/aromatic N) is 2. The van der Waals surface area contributed by atoms with E-state index in [0.29, 0.717) is 48.9 Å². The molecule has 1 amide bonds. The Morgan fingerprint density at radius 3 is 2.60 bits per heavy atom. The number of benzene rings is 1. The Hall–Kier alpha value is -2.57. The fraction of sp³-hybridized carbons (Fsp3) is 0.652. The molecule has 0 atom stereocenters. The van der Waals surface area contributed by atoms with Gasteiger partial charge in [-0.25, -0.2) is 13.2 Å². The quantitative estimate of drug-likeness (QED) is 0.274. The van der Waals surface area contributed by atoms with Gasteiger partial charge in [0.05, 0.1) is 25.2 Å². The van der Waals surface area contributed by atoms with Crippen LogP contribution in [0, 0.1) is 0 Å². The van der Waals surface area contributed by atoms with E-state index < -0.39 is 27.3 Å². The van der Waals surface area contributed by atoms with Crippen molar-refractivity contribution in [3.8, 4) is 5.75 Å². The highest BCUT2D eigenvalue weighted by molar-refractivity contribution is 7.92. The van der Waals surface area contributed by atoms with Crippen molar-refractivity contribution in [2.75, 3.05) is 50.4 Å². The van der Waals surface area contributed by atoms with Gasteiger partial charge in [0.1, 0.15) is 17.0 Å². The molecule has 196 valence electrons. The zero-order valence-electron chi connectivity index (χ0n) is 20.8. The monoisotopic (exact) mass is 512 g/mol. The number of alkyl carbamates (subject to hydrolysis) is 1. The van der Waals surface area contributed by atoms with Gasteiger partial charge >= 0.3 is 6.09 Å². The standard InChI is InChI=1S/C23H36N4O7S/c1-22(2,3)34-21(28)24-9-13-32-14-12-27-10-7-23(8-11-27)16-19(25-29)18-15-17(26-35(4,30)31)5-6-20(18)33-23/h5-6,15,26,29H,7-14,16H2,1-4H3,(H,24,28). The molecule has 1 aromatic rings. The molecule has 1 fully saturated rings. The first-order chi connectivity index (χ1) is 16.4. The summed E-state index contributed by atoms with van der Waals surface area (Å²) in [4.78, 5) is 13.9. The summed E-state index contributed by atoms with van der Waals surface area (Å²) >= 11 is 0. The smallest absolute Gasteiger partial charge is 0.407 e. The predicted molar refractivity (Wildman–Crippen MR) is 132 cm³/mol. The highest BCUT2D eigenvalue weighted by atomic mass is 32.2. The molecule has 0 radical (unpaired) electrons. The van der Waals surface area contributed by atoms with Gasteiger partial charge in [-0.05, 0) is 39.0 Å². The maximum absolute atomic E-state index is 11.6. The molecule has 11 nitrogen and oxygen atoms in total. The summed E-state index contributed by atoms with van der Waals surface area (Å²) in [6.45, 7) is 9.16. The molecule has 35 heavy (non-hydrogen) atoms. The van der Waals surface area contributed by atoms with Crippen molar-refractivity contribution < 1.29 is 32.6 Å². The van der Waals surface area contributed by atoms with Crippen LogP contribution in [0.5, 0.6) is 5.75 Å². The van der Waals surface area contributed by atoms with Crippen molar-refractivity contribution in [3.05, 3.63) is 23.8 Å². The number of anilines is 1. The summed E-state index contributed by atoms with van der Waals surface area (Å²) < 4.78 is 42.7. The van der Waals surface area contributed by atoms with Crippen LogP contribution in [0.2, 0.25) is 0 Å². The number of likely N-dealkylation sites (tertiary alicyclic amines) is 1. The third-order valence-corrected chi connectivity index (χ3v) is 6.37. The van der Waals surface area contributed by atoms with E-state index in [1.165, 1.54) is 0 Å². The number of carbonyl (C=O) groups is 1. The Labute approximate surface area is 206 Å². The molecule has 0 saturated carbocycles. The van der Waals surface area contributed by atoms with Crippen LogP contribution in [-0.4, -0.2) is 87.2 Å². The topological polar surface area (TPSA) is 139 Å². The maximum Gasteiger partial charge on any atom is 0.407 e. The van der Waals surface area contributed by atoms with E-state index in [9.17, 15) is 18.4 Å². The summed E-state index contributed by atoms with van der Waals surface area (Å²) in [5, 5.41) is 15.8. The number of ether oxygens (including phenoxy) is 3. The average molecular weight is 513 g/mol. The van der Waals surface area contributed by atoms with Gasteiger partial charge in [-0.2, -0.15) is 0 Å². The number of piperidine rings is 1. The van der Waals surface area contributed by atoms with Crippen LogP contribution in [0.25, 0.3) is 0 Å². The second-order valence-corrected chi connectivity index (χ2v) is 11.7. The van der Waals surface area contributed by atoms with E-state index in [-0.39, 0.29) is 0 Å². The molecule has 0 aliphatic carbocycles. The molecule has 0 aromatic heterocycles. The van der Waals surface area contributed by atoms with E-state index in [1.54, 1.807) is 18.2 Å². The van der Waals surface area contributed by atoms with Crippen molar-refractivity contribution in [2.45, 2.75) is 51.2 Å². The van der Waals surface area contributed by atoms with Crippen molar-refractivity contribution in [1.82, 2.24) is 10.2 Å². The first-order valence-corrected chi connectivity index (χ1v) is 13.6. The number of fused-ring (bicyclic) bond motifs is 1. The minimum atomic E-state index is -3.42. The molecule has 1 spiro atoms. The fourth-order valence-corrected chi connectivity index (χ4v) is 4.73. The van der Waals surface area contributed by atoms with Crippen LogP contribution in [0.1, 0.15) is 45.6 Å². The maximum atomic E-state index is 11.6. The van der Waals surface area contributed by atoms with Gasteiger partial charge in [-0.1, -0.05) is 5.16 Å². The number of sulfonamides is 1. The third kappa shape index (κ3) is 8.25. The number of amides is 1. The van der Waals surface area contributed by atoms with Crippen molar-refractivity contribution >= 4 is 27.5 Å². The second-order valence-electron chi connectivity index (χ2n) is 9.98. The van der Waals surface area contributed by atoms with Crippen molar-refractivity contribution in [2.24, 2.45) is 5.16 Å². The molecule has 3 rings (SSSR count). The zero-order chi connectivity index (χ0) is 25.7. The second kappa shape index (κ2) is 11.0. The Morgan fingerprint density at radius 2 is 1.97 bits per heavy atom. The number of oxime groups is 1. The zero-order valence-corrected chi connectivity index (χ0v) is 21.6. The largest absolute Gasteiger partial charge is 0.486 e. The summed E-state index contributed by atoms with van der Waals surface area (Å²) in [5.41, 5.74) is 0.473. The third-order valence-electron chi connectivity index (χ3n) is 5.76. The molecule has 0 bridgehead atoms. The minimum absolute atomic E-state index is 0.385. The van der Waals surface area contributed by atoms with Gasteiger partial charge < -0.3 is 29.6 Å². The summed E-state index contributed by atoms with van der Waals surface area (Å²) in [7, 11) is -3.42. The molecule has 2 aliphatic rings. The highest BCUT2D eigenvalue weighted by Crippen LogP contribution is 2.40. The van der Waals surface area contributed by atoms with Crippen LogP contribution in [0.15, 0.2) is 23.4 Å². The fourth-order valence-electron chi connectivity index (χ4n) is 4.18. The summed E-state index contributed by atoms with van der Waals surface area (Å²) in [5.74, 6) is 0.581. The highest BCUT2D eigenvalue weighted by Gasteiger charge is 2.42. The number of hydrogen-bond acceptors (Lipinski definition) is 9. The van der Waals surface area contributed by atoms with Crippen LogP contribution in [-0.2, 0) is 19.5 Å². The van der Waals surface area contributed by atoms with Gasteiger partial charge in [0, 0.05) is 56.7 Å². The van der Waals surface area contributed by atoms with E-state index in [0.717, 1.165) is 38.7 Å². The Kier molecular flexibility index (Phi) is 8.50. The Bertz CT molecular complexity index is 1030. The Balaban J connectivity index is 1.44. The number of carbonyl (C=O) groups excluding carboxylic acids is 1. The minimum Gasteiger partial charge on any atom is -0.486 e. The van der Waals surface area contributed by atoms with Gasteiger partial charge in [0.2, 0.25) is 10.0 Å². The van der Waals surface area contributed by atoms with Gasteiger partial charge in [0.15, 0.2) is 0 Å². The molecule has 1 aromatic carbocycles. The van der Waals surface area contributed by atoms with E-state index >= 15 is 0 Å². The molecular formula is C23H36N4O7S. The summed E-state index contributed by atoms with van der Waals surface area (Å²) in [6, 6.07) is 4.97. The number of hydrogen-bond donors (Lipinski definition) is 3. The molecule has 3 N–H and O–H groups in total. The first-order valence-electron chi connectivity index (χ1n) is 11.7. The van der Waals surface area contributed by atoms with Gasteiger partial charge in [-0.3, -0.25) is 4.72 Å². The van der Waals surface area contributed by atoms with E-state index in [4.69, 9.17) is 14.2 Å². The lowest BCUT2D eigenvalue weighted by molar-refractivity contribution is -0.00515. The first kappa shape index (κ1) is 27.0.